The van der Waals surface area contributed by atoms with Gasteiger partial charge in [0.25, 0.3) is 5.91 Å². The van der Waals surface area contributed by atoms with Gasteiger partial charge >= 0.3 is 11.9 Å². The predicted molar refractivity (Wildman–Crippen MR) is 94.5 cm³/mol. The van der Waals surface area contributed by atoms with E-state index in [9.17, 15) is 24.3 Å². The number of hydrogen-bond donors (Lipinski definition) is 3. The molecule has 2 atom stereocenters. The third kappa shape index (κ3) is 3.51. The van der Waals surface area contributed by atoms with Crippen LogP contribution in [0, 0.1) is 0 Å². The number of amides is 2. The van der Waals surface area contributed by atoms with Crippen LogP contribution >= 0.6 is 23.1 Å². The van der Waals surface area contributed by atoms with Crippen molar-refractivity contribution in [3.05, 3.63) is 45.8 Å². The Kier molecular flexibility index (Phi) is 5.14. The van der Waals surface area contributed by atoms with Crippen molar-refractivity contribution in [2.24, 2.45) is 0 Å². The Labute approximate surface area is 156 Å². The Hall–Kier alpha value is -2.59. The molecule has 2 amide bonds. The molecule has 3 heterocycles. The van der Waals surface area contributed by atoms with Crippen LogP contribution in [-0.4, -0.2) is 56.0 Å². The van der Waals surface area contributed by atoms with Crippen molar-refractivity contribution < 1.29 is 29.4 Å². The molecule has 1 aromatic rings. The molecule has 1 saturated heterocycles. The summed E-state index contributed by atoms with van der Waals surface area (Å²) < 4.78 is 0. The number of carbonyl (C=O) groups is 4. The largest absolute Gasteiger partial charge is 0.478 e. The second kappa shape index (κ2) is 7.34. The second-order valence-electron chi connectivity index (χ2n) is 5.56. The first-order chi connectivity index (χ1) is 12.4. The van der Waals surface area contributed by atoms with E-state index in [1.165, 1.54) is 29.2 Å². The van der Waals surface area contributed by atoms with E-state index in [1.807, 2.05) is 17.5 Å². The molecule has 0 aliphatic carbocycles. The molecule has 3 N–H and O–H groups in total. The van der Waals surface area contributed by atoms with E-state index in [4.69, 9.17) is 5.11 Å². The van der Waals surface area contributed by atoms with E-state index in [0.29, 0.717) is 0 Å². The van der Waals surface area contributed by atoms with Gasteiger partial charge in [0.15, 0.2) is 0 Å². The molecule has 26 heavy (non-hydrogen) atoms. The van der Waals surface area contributed by atoms with E-state index in [2.05, 4.69) is 5.32 Å². The lowest BCUT2D eigenvalue weighted by molar-refractivity contribution is -0.150. The molecule has 0 saturated carbocycles. The van der Waals surface area contributed by atoms with E-state index >= 15 is 0 Å². The number of nitrogens with zero attached hydrogens (tertiary/aromatic N) is 1. The fraction of sp³-hybridized carbons (Fsp3) is 0.250. The minimum absolute atomic E-state index is 0.160. The highest BCUT2D eigenvalue weighted by atomic mass is 32.2. The Balaban J connectivity index is 1.73. The molecule has 0 unspecified atom stereocenters. The summed E-state index contributed by atoms with van der Waals surface area (Å²) in [5.41, 5.74) is 0.0119. The number of aliphatic carboxylic acids is 2. The fourth-order valence-electron chi connectivity index (χ4n) is 2.74. The van der Waals surface area contributed by atoms with Crippen molar-refractivity contribution in [3.8, 4) is 0 Å². The molecule has 10 heteroatoms. The maximum Gasteiger partial charge on any atom is 0.352 e. The summed E-state index contributed by atoms with van der Waals surface area (Å²) in [5, 5.41) is 22.1. The molecule has 2 aliphatic rings. The zero-order valence-electron chi connectivity index (χ0n) is 13.2. The van der Waals surface area contributed by atoms with Gasteiger partial charge in [-0.3, -0.25) is 14.5 Å². The Morgan fingerprint density at radius 1 is 1.35 bits per heavy atom. The third-order valence-corrected chi connectivity index (χ3v) is 6.04. The maximum absolute atomic E-state index is 12.4. The average Bonchev–Trinajstić information content (AvgIpc) is 3.09. The van der Waals surface area contributed by atoms with Crippen LogP contribution in [0.3, 0.4) is 0 Å². The standard InChI is InChI=1S/C16H14N2O6S2/c19-10(6-9-2-1-5-25-9)17-12-14(22)18-13(16(23)24)8(3-4-11(20)21)7-26-15(12)18/h1-5,12,15H,6-7H2,(H,17,19)(H,20,21)(H,23,24)/t12-,15+/m1/s1. The summed E-state index contributed by atoms with van der Waals surface area (Å²) in [6.07, 6.45) is 2.18. The van der Waals surface area contributed by atoms with Gasteiger partial charge in [-0.1, -0.05) is 6.07 Å². The van der Waals surface area contributed by atoms with Crippen molar-refractivity contribution in [3.63, 3.8) is 0 Å². The molecule has 0 spiro atoms. The lowest BCUT2D eigenvalue weighted by Gasteiger charge is -2.49. The second-order valence-corrected chi connectivity index (χ2v) is 7.70. The number of carbonyl (C=O) groups excluding carboxylic acids is 2. The number of allylic oxidation sites excluding steroid dienone is 1. The lowest BCUT2D eigenvalue weighted by Crippen LogP contribution is -2.70. The first-order valence-electron chi connectivity index (χ1n) is 7.52. The predicted octanol–water partition coefficient (Wildman–Crippen LogP) is 0.670. The van der Waals surface area contributed by atoms with Gasteiger partial charge in [0.1, 0.15) is 17.1 Å². The van der Waals surface area contributed by atoms with Gasteiger partial charge in [-0.25, -0.2) is 9.59 Å². The third-order valence-electron chi connectivity index (χ3n) is 3.86. The van der Waals surface area contributed by atoms with Crippen molar-refractivity contribution >= 4 is 46.9 Å². The highest BCUT2D eigenvalue weighted by molar-refractivity contribution is 8.00. The van der Waals surface area contributed by atoms with E-state index in [1.54, 1.807) is 0 Å². The molecule has 0 bridgehead atoms. The fourth-order valence-corrected chi connectivity index (χ4v) is 4.76. The zero-order valence-corrected chi connectivity index (χ0v) is 14.9. The monoisotopic (exact) mass is 394 g/mol. The highest BCUT2D eigenvalue weighted by Gasteiger charge is 2.53. The number of rotatable bonds is 6. The maximum atomic E-state index is 12.4. The van der Waals surface area contributed by atoms with Crippen LogP contribution in [0.1, 0.15) is 4.88 Å². The Morgan fingerprint density at radius 3 is 2.73 bits per heavy atom. The number of nitrogens with one attached hydrogen (secondary N) is 1. The molecule has 2 aliphatic heterocycles. The van der Waals surface area contributed by atoms with Crippen LogP contribution in [0.15, 0.2) is 40.9 Å². The van der Waals surface area contributed by atoms with Crippen LogP contribution in [0.5, 0.6) is 0 Å². The van der Waals surface area contributed by atoms with Gasteiger partial charge < -0.3 is 15.5 Å². The number of thiophene rings is 1. The average molecular weight is 394 g/mol. The summed E-state index contributed by atoms with van der Waals surface area (Å²) in [4.78, 5) is 48.7. The highest BCUT2D eigenvalue weighted by Crippen LogP contribution is 2.40. The number of carboxylic acids is 2. The van der Waals surface area contributed by atoms with Crippen LogP contribution in [0.25, 0.3) is 0 Å². The lowest BCUT2D eigenvalue weighted by atomic mass is 10.0. The first kappa shape index (κ1) is 18.2. The summed E-state index contributed by atoms with van der Waals surface area (Å²) in [6, 6.07) is 2.86. The molecule has 0 aromatic carbocycles. The molecule has 3 rings (SSSR count). The van der Waals surface area contributed by atoms with E-state index < -0.39 is 29.3 Å². The van der Waals surface area contributed by atoms with E-state index in [-0.39, 0.29) is 29.4 Å². The number of β-lactam (4-membered cyclic amide) rings is 1. The Morgan fingerprint density at radius 2 is 2.12 bits per heavy atom. The molecule has 1 fully saturated rings. The van der Waals surface area contributed by atoms with Crippen LogP contribution in [0.4, 0.5) is 0 Å². The zero-order chi connectivity index (χ0) is 18.8. The first-order valence-corrected chi connectivity index (χ1v) is 9.45. The van der Waals surface area contributed by atoms with Crippen molar-refractivity contribution in [2.75, 3.05) is 5.75 Å². The Bertz CT molecular complexity index is 830. The van der Waals surface area contributed by atoms with Crippen molar-refractivity contribution in [1.29, 1.82) is 0 Å². The minimum Gasteiger partial charge on any atom is -0.478 e. The molecule has 1 aromatic heterocycles. The van der Waals surface area contributed by atoms with Gasteiger partial charge in [-0.15, -0.1) is 23.1 Å². The van der Waals surface area contributed by atoms with Crippen molar-refractivity contribution in [2.45, 2.75) is 17.8 Å². The number of thioether (sulfide) groups is 1. The molecular weight excluding hydrogens is 380 g/mol. The van der Waals surface area contributed by atoms with Gasteiger partial charge in [0.05, 0.1) is 6.42 Å². The van der Waals surface area contributed by atoms with E-state index in [0.717, 1.165) is 15.9 Å². The molecular formula is C16H14N2O6S2. The normalized spacial score (nSPS) is 22.2. The SMILES string of the molecule is O=C(O)C=CC1=C(C(=O)O)N2C(=O)[C@@H](NC(=O)Cc3cccs3)[C@@H]2SC1. The number of carboxylic acid groups (broad SMARTS) is 2. The minimum atomic E-state index is -1.31. The molecule has 136 valence electrons. The summed E-state index contributed by atoms with van der Waals surface area (Å²) in [5.74, 6) is -3.10. The number of hydrogen-bond acceptors (Lipinski definition) is 6. The van der Waals surface area contributed by atoms with Crippen LogP contribution in [-0.2, 0) is 25.6 Å². The quantitative estimate of drug-likeness (QED) is 0.478. The summed E-state index contributed by atoms with van der Waals surface area (Å²) >= 11 is 2.72. The van der Waals surface area contributed by atoms with Gasteiger partial charge in [0.2, 0.25) is 5.91 Å². The summed E-state index contributed by atoms with van der Waals surface area (Å²) in [7, 11) is 0. The topological polar surface area (TPSA) is 124 Å². The van der Waals surface area contributed by atoms with Gasteiger partial charge in [-0.2, -0.15) is 0 Å². The van der Waals surface area contributed by atoms with Gasteiger partial charge in [0, 0.05) is 16.7 Å². The molecule has 0 radical (unpaired) electrons. The smallest absolute Gasteiger partial charge is 0.352 e. The van der Waals surface area contributed by atoms with Crippen LogP contribution in [0.2, 0.25) is 0 Å². The summed E-state index contributed by atoms with van der Waals surface area (Å²) in [6.45, 7) is 0. The van der Waals surface area contributed by atoms with Crippen LogP contribution < -0.4 is 5.32 Å². The number of fused-ring (bicyclic) bond motifs is 1. The van der Waals surface area contributed by atoms with Gasteiger partial charge in [-0.05, 0) is 23.1 Å². The molecule has 8 nitrogen and oxygen atoms in total. The van der Waals surface area contributed by atoms with Crippen molar-refractivity contribution in [1.82, 2.24) is 10.2 Å².